The van der Waals surface area contributed by atoms with Crippen LogP contribution in [0.15, 0.2) is 144 Å². The summed E-state index contributed by atoms with van der Waals surface area (Å²) in [4.78, 5) is 0. The standard InChI is InChI=1S/C38H23BrN2/c39-38-34(40-31-16-7-5-14-28(31)29-15-6-8-17-32(29)40)18-9-19-35(38)41-33-21-20-24-10-3-4-13-27(24)37(33)30-22-25-11-1-2-12-26(25)23-36(30)41/h1-23H. The second-order valence-corrected chi connectivity index (χ2v) is 11.5. The van der Waals surface area contributed by atoms with Crippen LogP contribution in [0.2, 0.25) is 0 Å². The minimum atomic E-state index is 1.06. The summed E-state index contributed by atoms with van der Waals surface area (Å²) < 4.78 is 5.88. The number of halogens is 1. The first-order chi connectivity index (χ1) is 20.3. The van der Waals surface area contributed by atoms with Gasteiger partial charge in [-0.1, -0.05) is 97.1 Å². The third kappa shape index (κ3) is 3.18. The molecule has 0 amide bonds. The number of benzene rings is 7. The van der Waals surface area contributed by atoms with Gasteiger partial charge in [-0.2, -0.15) is 0 Å². The Morgan fingerprint density at radius 1 is 0.366 bits per heavy atom. The van der Waals surface area contributed by atoms with Gasteiger partial charge in [0.2, 0.25) is 0 Å². The van der Waals surface area contributed by atoms with E-state index >= 15 is 0 Å². The van der Waals surface area contributed by atoms with Crippen LogP contribution in [0.4, 0.5) is 0 Å². The molecule has 2 heterocycles. The van der Waals surface area contributed by atoms with Crippen molar-refractivity contribution in [2.75, 3.05) is 0 Å². The summed E-state index contributed by atoms with van der Waals surface area (Å²) in [6.45, 7) is 0. The van der Waals surface area contributed by atoms with E-state index in [2.05, 4.69) is 165 Å². The van der Waals surface area contributed by atoms with Crippen molar-refractivity contribution in [3.05, 3.63) is 144 Å². The molecule has 2 nitrogen and oxygen atoms in total. The molecule has 0 saturated carbocycles. The van der Waals surface area contributed by atoms with E-state index in [0.29, 0.717) is 0 Å². The number of aromatic nitrogens is 2. The molecule has 0 aliphatic carbocycles. The molecular formula is C38H23BrN2. The Labute approximate surface area is 244 Å². The molecule has 0 spiro atoms. The summed E-state index contributed by atoms with van der Waals surface area (Å²) in [7, 11) is 0. The van der Waals surface area contributed by atoms with Gasteiger partial charge in [0.05, 0.1) is 37.9 Å². The number of para-hydroxylation sites is 2. The first kappa shape index (κ1) is 22.9. The van der Waals surface area contributed by atoms with Gasteiger partial charge in [-0.3, -0.25) is 0 Å². The molecule has 0 bridgehead atoms. The highest BCUT2D eigenvalue weighted by atomic mass is 79.9. The predicted molar refractivity (Wildman–Crippen MR) is 178 cm³/mol. The zero-order valence-corrected chi connectivity index (χ0v) is 23.6. The highest BCUT2D eigenvalue weighted by Crippen LogP contribution is 2.42. The van der Waals surface area contributed by atoms with Gasteiger partial charge >= 0.3 is 0 Å². The molecule has 0 radical (unpaired) electrons. The zero-order valence-electron chi connectivity index (χ0n) is 22.1. The van der Waals surface area contributed by atoms with Crippen molar-refractivity contribution in [3.8, 4) is 11.4 Å². The van der Waals surface area contributed by atoms with E-state index in [1.54, 1.807) is 0 Å². The van der Waals surface area contributed by atoms with E-state index in [1.165, 1.54) is 65.2 Å². The van der Waals surface area contributed by atoms with Gasteiger partial charge in [-0.25, -0.2) is 0 Å². The van der Waals surface area contributed by atoms with Crippen LogP contribution in [0.5, 0.6) is 0 Å². The van der Waals surface area contributed by atoms with Crippen LogP contribution in [0.1, 0.15) is 0 Å². The topological polar surface area (TPSA) is 9.86 Å². The largest absolute Gasteiger partial charge is 0.308 e. The second kappa shape index (κ2) is 8.57. The Kier molecular flexibility index (Phi) is 4.79. The number of hydrogen-bond donors (Lipinski definition) is 0. The minimum Gasteiger partial charge on any atom is -0.308 e. The summed E-state index contributed by atoms with van der Waals surface area (Å²) in [6.07, 6.45) is 0. The third-order valence-corrected chi connectivity index (χ3v) is 9.35. The molecule has 192 valence electrons. The lowest BCUT2D eigenvalue weighted by Gasteiger charge is -2.16. The SMILES string of the molecule is Brc1c(-n2c3ccccc3c3ccccc32)cccc1-n1c2cc3ccccc3cc2c2c3ccccc3ccc21. The number of hydrogen-bond acceptors (Lipinski definition) is 0. The van der Waals surface area contributed by atoms with E-state index in [9.17, 15) is 0 Å². The molecule has 0 fully saturated rings. The van der Waals surface area contributed by atoms with Crippen molar-refractivity contribution >= 4 is 81.1 Å². The van der Waals surface area contributed by atoms with Gasteiger partial charge in [0.15, 0.2) is 0 Å². The van der Waals surface area contributed by atoms with Crippen LogP contribution in [0.3, 0.4) is 0 Å². The Hall–Kier alpha value is -4.86. The summed E-state index contributed by atoms with van der Waals surface area (Å²) >= 11 is 4.12. The normalized spacial score (nSPS) is 12.0. The maximum absolute atomic E-state index is 4.12. The lowest BCUT2D eigenvalue weighted by Crippen LogP contribution is -2.01. The number of fused-ring (bicyclic) bond motifs is 9. The Morgan fingerprint density at radius 2 is 0.902 bits per heavy atom. The third-order valence-electron chi connectivity index (χ3n) is 8.54. The van der Waals surface area contributed by atoms with Crippen molar-refractivity contribution in [3.63, 3.8) is 0 Å². The molecule has 0 N–H and O–H groups in total. The van der Waals surface area contributed by atoms with E-state index in [1.807, 2.05) is 0 Å². The average molecular weight is 588 g/mol. The van der Waals surface area contributed by atoms with E-state index in [-0.39, 0.29) is 0 Å². The molecule has 0 unspecified atom stereocenters. The molecule has 9 rings (SSSR count). The van der Waals surface area contributed by atoms with Gasteiger partial charge in [0.1, 0.15) is 0 Å². The van der Waals surface area contributed by atoms with Crippen LogP contribution in [0, 0.1) is 0 Å². The molecule has 0 aliphatic rings. The van der Waals surface area contributed by atoms with Crippen molar-refractivity contribution in [2.24, 2.45) is 0 Å². The van der Waals surface area contributed by atoms with Crippen LogP contribution in [-0.2, 0) is 0 Å². The molecular weight excluding hydrogens is 564 g/mol. The van der Waals surface area contributed by atoms with Gasteiger partial charge in [-0.15, -0.1) is 0 Å². The number of rotatable bonds is 2. The van der Waals surface area contributed by atoms with Crippen LogP contribution < -0.4 is 0 Å². The Morgan fingerprint density at radius 3 is 1.59 bits per heavy atom. The maximum atomic E-state index is 4.12. The highest BCUT2D eigenvalue weighted by molar-refractivity contribution is 9.10. The monoisotopic (exact) mass is 586 g/mol. The molecule has 3 heteroatoms. The smallest absolute Gasteiger partial charge is 0.0656 e. The highest BCUT2D eigenvalue weighted by Gasteiger charge is 2.20. The van der Waals surface area contributed by atoms with Crippen molar-refractivity contribution < 1.29 is 0 Å². The van der Waals surface area contributed by atoms with Crippen molar-refractivity contribution in [1.29, 1.82) is 0 Å². The van der Waals surface area contributed by atoms with Crippen LogP contribution in [-0.4, -0.2) is 9.13 Å². The maximum Gasteiger partial charge on any atom is 0.0656 e. The Balaban J connectivity index is 1.43. The average Bonchev–Trinajstić information content (AvgIpc) is 3.53. The first-order valence-electron chi connectivity index (χ1n) is 13.9. The van der Waals surface area contributed by atoms with E-state index in [0.717, 1.165) is 15.8 Å². The summed E-state index contributed by atoms with van der Waals surface area (Å²) in [5.74, 6) is 0. The van der Waals surface area contributed by atoms with Crippen LogP contribution >= 0.6 is 15.9 Å². The van der Waals surface area contributed by atoms with Gasteiger partial charge in [0, 0.05) is 21.5 Å². The van der Waals surface area contributed by atoms with Crippen molar-refractivity contribution in [2.45, 2.75) is 0 Å². The first-order valence-corrected chi connectivity index (χ1v) is 14.7. The molecule has 41 heavy (non-hydrogen) atoms. The summed E-state index contributed by atoms with van der Waals surface area (Å²) in [5, 5.41) is 10.1. The molecule has 2 aromatic heterocycles. The fourth-order valence-electron chi connectivity index (χ4n) is 6.77. The van der Waals surface area contributed by atoms with Gasteiger partial charge < -0.3 is 9.13 Å². The van der Waals surface area contributed by atoms with E-state index < -0.39 is 0 Å². The lowest BCUT2D eigenvalue weighted by atomic mass is 10.0. The molecule has 7 aromatic carbocycles. The predicted octanol–water partition coefficient (Wildman–Crippen LogP) is 10.9. The van der Waals surface area contributed by atoms with Gasteiger partial charge in [-0.05, 0) is 79.9 Å². The molecule has 0 aliphatic heterocycles. The second-order valence-electron chi connectivity index (χ2n) is 10.7. The molecule has 0 saturated heterocycles. The quantitative estimate of drug-likeness (QED) is 0.190. The summed E-state index contributed by atoms with van der Waals surface area (Å²) in [5.41, 5.74) is 7.05. The van der Waals surface area contributed by atoms with Crippen molar-refractivity contribution in [1.82, 2.24) is 9.13 Å². The minimum absolute atomic E-state index is 1.06. The molecule has 0 atom stereocenters. The lowest BCUT2D eigenvalue weighted by molar-refractivity contribution is 1.12. The van der Waals surface area contributed by atoms with Crippen LogP contribution in [0.25, 0.3) is 76.5 Å². The summed E-state index contributed by atoms with van der Waals surface area (Å²) in [6, 6.07) is 50.6. The fraction of sp³-hybridized carbons (Fsp3) is 0. The number of nitrogens with zero attached hydrogens (tertiary/aromatic N) is 2. The van der Waals surface area contributed by atoms with Gasteiger partial charge in [0.25, 0.3) is 0 Å². The molecule has 9 aromatic rings. The fourth-order valence-corrected chi connectivity index (χ4v) is 7.39. The zero-order chi connectivity index (χ0) is 27.1. The Bertz CT molecular complexity index is 2440. The van der Waals surface area contributed by atoms with E-state index in [4.69, 9.17) is 0 Å².